The Morgan fingerprint density at radius 3 is 0.948 bits per heavy atom. The molecule has 2 aliphatic rings. The second-order valence-corrected chi connectivity index (χ2v) is 22.8. The minimum Gasteiger partial charge on any atom is -0.311 e. The first-order valence-corrected chi connectivity index (χ1v) is 27.2. The molecule has 0 unspecified atom stereocenters. The largest absolute Gasteiger partial charge is 0.311 e. The summed E-state index contributed by atoms with van der Waals surface area (Å²) in [6.45, 7) is 13.9. The van der Waals surface area contributed by atoms with Crippen molar-refractivity contribution in [3.63, 3.8) is 0 Å². The molecule has 2 aliphatic heterocycles. The van der Waals surface area contributed by atoms with Crippen LogP contribution in [0.1, 0.15) is 52.7 Å². The third-order valence-corrected chi connectivity index (χ3v) is 16.0. The highest BCUT2D eigenvalue weighted by Gasteiger charge is 2.44. The van der Waals surface area contributed by atoms with Gasteiger partial charge in [0.15, 0.2) is 0 Å². The van der Waals surface area contributed by atoms with Crippen LogP contribution >= 0.6 is 0 Å². The van der Waals surface area contributed by atoms with E-state index in [0.29, 0.717) is 0 Å². The van der Waals surface area contributed by atoms with Crippen LogP contribution in [0.3, 0.4) is 0 Å². The molecule has 13 rings (SSSR count). The van der Waals surface area contributed by atoms with Gasteiger partial charge in [0.05, 0.1) is 11.4 Å². The first-order valence-electron chi connectivity index (χ1n) is 27.2. The van der Waals surface area contributed by atoms with Gasteiger partial charge in [-0.25, -0.2) is 0 Å². The van der Waals surface area contributed by atoms with E-state index >= 15 is 0 Å². The highest BCUT2D eigenvalue weighted by Crippen LogP contribution is 2.51. The smallest absolute Gasteiger partial charge is 0.252 e. The van der Waals surface area contributed by atoms with Gasteiger partial charge in [0, 0.05) is 33.9 Å². The molecule has 3 heteroatoms. The maximum atomic E-state index is 2.60. The average molecular weight is 989 g/mol. The van der Waals surface area contributed by atoms with Crippen LogP contribution in [0, 0.1) is 0 Å². The summed E-state index contributed by atoms with van der Waals surface area (Å²) in [5.41, 5.74) is 27.8. The summed E-state index contributed by atoms with van der Waals surface area (Å²) < 4.78 is 0. The third-order valence-electron chi connectivity index (χ3n) is 16.0. The fourth-order valence-corrected chi connectivity index (χ4v) is 12.5. The van der Waals surface area contributed by atoms with Crippen LogP contribution in [-0.4, -0.2) is 6.71 Å². The van der Waals surface area contributed by atoms with Crippen LogP contribution < -0.4 is 26.2 Å². The lowest BCUT2D eigenvalue weighted by Gasteiger charge is -2.45. The van der Waals surface area contributed by atoms with E-state index in [1.165, 1.54) is 117 Å². The van der Waals surface area contributed by atoms with E-state index in [-0.39, 0.29) is 17.5 Å². The van der Waals surface area contributed by atoms with Gasteiger partial charge in [-0.1, -0.05) is 266 Å². The minimum atomic E-state index is -0.0848. The van der Waals surface area contributed by atoms with Crippen molar-refractivity contribution < 1.29 is 0 Å². The maximum absolute atomic E-state index is 2.60. The lowest BCUT2D eigenvalue weighted by atomic mass is 9.33. The predicted molar refractivity (Wildman–Crippen MR) is 330 cm³/mol. The predicted octanol–water partition coefficient (Wildman–Crippen LogP) is 18.4. The van der Waals surface area contributed by atoms with E-state index in [0.717, 1.165) is 11.4 Å². The van der Waals surface area contributed by atoms with E-state index in [4.69, 9.17) is 0 Å². The summed E-state index contributed by atoms with van der Waals surface area (Å²) >= 11 is 0. The van der Waals surface area contributed by atoms with Gasteiger partial charge >= 0.3 is 0 Å². The Balaban J connectivity index is 1.11. The van der Waals surface area contributed by atoms with Crippen molar-refractivity contribution in [3.8, 4) is 66.8 Å². The summed E-state index contributed by atoms with van der Waals surface area (Å²) in [5.74, 6) is 0. The molecule has 0 N–H and O–H groups in total. The first-order chi connectivity index (χ1) is 37.5. The molecule has 0 aliphatic carbocycles. The zero-order valence-electron chi connectivity index (χ0n) is 44.8. The Hall–Kier alpha value is -8.92. The number of fused-ring (bicyclic) bond motifs is 4. The van der Waals surface area contributed by atoms with Crippen molar-refractivity contribution in [3.05, 3.63) is 272 Å². The molecule has 11 aromatic rings. The minimum absolute atomic E-state index is 0.0846. The molecular weight excluding hydrogens is 928 g/mol. The highest BCUT2D eigenvalue weighted by molar-refractivity contribution is 7.00. The number of hydrogen-bond donors (Lipinski definition) is 0. The van der Waals surface area contributed by atoms with Crippen molar-refractivity contribution in [2.24, 2.45) is 0 Å². The van der Waals surface area contributed by atoms with Crippen LogP contribution in [0.5, 0.6) is 0 Å². The monoisotopic (exact) mass is 988 g/mol. The fraction of sp³-hybridized carbons (Fsp3) is 0.108. The lowest BCUT2D eigenvalue weighted by Crippen LogP contribution is -2.61. The molecule has 2 heterocycles. The van der Waals surface area contributed by atoms with E-state index in [2.05, 4.69) is 312 Å². The van der Waals surface area contributed by atoms with Crippen LogP contribution in [0.15, 0.2) is 261 Å². The molecule has 0 radical (unpaired) electrons. The molecule has 77 heavy (non-hydrogen) atoms. The molecule has 0 spiro atoms. The van der Waals surface area contributed by atoms with Crippen molar-refractivity contribution in [2.45, 2.75) is 52.4 Å². The molecular formula is C74H61BN2. The Bertz CT molecular complexity index is 3770. The molecule has 0 fully saturated rings. The first kappa shape index (κ1) is 47.8. The highest BCUT2D eigenvalue weighted by atomic mass is 15.2. The summed E-state index contributed by atoms with van der Waals surface area (Å²) in [6, 6.07) is 97.3. The normalized spacial score (nSPS) is 12.7. The molecule has 11 aromatic carbocycles. The second kappa shape index (κ2) is 19.0. The number of rotatable bonds is 8. The summed E-state index contributed by atoms with van der Waals surface area (Å²) in [6.07, 6.45) is 0. The number of nitrogens with zero attached hydrogens (tertiary/aromatic N) is 2. The number of anilines is 6. The van der Waals surface area contributed by atoms with E-state index < -0.39 is 0 Å². The van der Waals surface area contributed by atoms with Gasteiger partial charge in [-0.15, -0.1) is 0 Å². The quantitative estimate of drug-likeness (QED) is 0.140. The van der Waals surface area contributed by atoms with Gasteiger partial charge in [-0.05, 0) is 130 Å². The van der Waals surface area contributed by atoms with E-state index in [1.54, 1.807) is 0 Å². The van der Waals surface area contributed by atoms with Gasteiger partial charge in [0.1, 0.15) is 0 Å². The standard InChI is InChI=1S/C74H61BN2/c1-73(2,3)62-38-21-17-34-58(62)60-36-19-23-40-66(60)76-68-42-25-43-69-72(68)75(64-46-44-52(48-70(64)76)56-32-15-13-30-54(56)50-26-9-7-10-27-50)65-47-45-53(57-33-16-14-31-55(57)51-28-11-8-12-29-51)49-71(65)77(69)67-41-24-20-37-61(67)59-35-18-22-39-63(59)74(4,5)6/h7-49H,1-6H3. The lowest BCUT2D eigenvalue weighted by molar-refractivity contribution is 0.591. The average Bonchev–Trinajstić information content (AvgIpc) is 3.60. The van der Waals surface area contributed by atoms with Gasteiger partial charge in [0.25, 0.3) is 6.71 Å². The van der Waals surface area contributed by atoms with E-state index in [9.17, 15) is 0 Å². The van der Waals surface area contributed by atoms with Gasteiger partial charge in [-0.3, -0.25) is 0 Å². The van der Waals surface area contributed by atoms with Crippen molar-refractivity contribution in [1.82, 2.24) is 0 Å². The molecule has 370 valence electrons. The van der Waals surface area contributed by atoms with Gasteiger partial charge in [-0.2, -0.15) is 0 Å². The van der Waals surface area contributed by atoms with Crippen molar-refractivity contribution in [1.29, 1.82) is 0 Å². The number of benzene rings is 11. The van der Waals surface area contributed by atoms with Gasteiger partial charge in [0.2, 0.25) is 0 Å². The van der Waals surface area contributed by atoms with E-state index in [1.807, 2.05) is 0 Å². The third kappa shape index (κ3) is 8.30. The number of hydrogen-bond acceptors (Lipinski definition) is 2. The fourth-order valence-electron chi connectivity index (χ4n) is 12.5. The van der Waals surface area contributed by atoms with Gasteiger partial charge < -0.3 is 9.80 Å². The molecule has 0 aromatic heterocycles. The zero-order chi connectivity index (χ0) is 52.4. The topological polar surface area (TPSA) is 6.48 Å². The Morgan fingerprint density at radius 2 is 0.558 bits per heavy atom. The molecule has 0 amide bonds. The molecule has 0 saturated carbocycles. The number of para-hydroxylation sites is 2. The van der Waals surface area contributed by atoms with Crippen molar-refractivity contribution in [2.75, 3.05) is 9.80 Å². The second-order valence-electron chi connectivity index (χ2n) is 22.8. The summed E-state index contributed by atoms with van der Waals surface area (Å²) in [7, 11) is 0. The maximum Gasteiger partial charge on any atom is 0.252 e. The molecule has 0 saturated heterocycles. The SMILES string of the molecule is CC(C)(C)c1ccccc1-c1ccccc1N1c2cc(-c3ccccc3-c3ccccc3)ccc2B2c3ccc(-c4ccccc4-c4ccccc4)cc3N(c3ccccc3-c3ccccc3C(C)(C)C)c3cccc1c32. The Labute approximate surface area is 455 Å². The summed E-state index contributed by atoms with van der Waals surface area (Å²) in [5, 5.41) is 0. The molecule has 0 atom stereocenters. The van der Waals surface area contributed by atoms with Crippen LogP contribution in [0.2, 0.25) is 0 Å². The molecule has 2 nitrogen and oxygen atoms in total. The molecule has 0 bridgehead atoms. The Morgan fingerprint density at radius 1 is 0.247 bits per heavy atom. The zero-order valence-corrected chi connectivity index (χ0v) is 44.8. The van der Waals surface area contributed by atoms with Crippen LogP contribution in [-0.2, 0) is 10.8 Å². The van der Waals surface area contributed by atoms with Crippen LogP contribution in [0.4, 0.5) is 34.1 Å². The van der Waals surface area contributed by atoms with Crippen molar-refractivity contribution >= 4 is 57.2 Å². The Kier molecular flexibility index (Phi) is 11.8. The summed E-state index contributed by atoms with van der Waals surface area (Å²) in [4.78, 5) is 5.20. The van der Waals surface area contributed by atoms with Crippen LogP contribution in [0.25, 0.3) is 66.8 Å².